The van der Waals surface area contributed by atoms with Gasteiger partial charge in [-0.25, -0.2) is 4.39 Å². The molecule has 1 heterocycles. The van der Waals surface area contributed by atoms with Crippen LogP contribution in [0.5, 0.6) is 5.75 Å². The van der Waals surface area contributed by atoms with Crippen molar-refractivity contribution in [2.45, 2.75) is 25.2 Å². The van der Waals surface area contributed by atoms with E-state index in [9.17, 15) is 9.18 Å². The average molecular weight is 307 g/mol. The van der Waals surface area contributed by atoms with Gasteiger partial charge < -0.3 is 10.1 Å². The molecule has 1 aliphatic rings. The monoisotopic (exact) mass is 307 g/mol. The first-order chi connectivity index (χ1) is 10.2. The molecule has 1 saturated carbocycles. The Hall–Kier alpha value is -2.02. The van der Waals surface area contributed by atoms with E-state index >= 15 is 0 Å². The first-order valence-electron chi connectivity index (χ1n) is 6.61. The van der Waals surface area contributed by atoms with Gasteiger partial charge in [-0.2, -0.15) is 0 Å². The van der Waals surface area contributed by atoms with Gasteiger partial charge in [-0.15, -0.1) is 10.2 Å². The van der Waals surface area contributed by atoms with Crippen LogP contribution in [0.2, 0.25) is 0 Å². The van der Waals surface area contributed by atoms with E-state index in [1.165, 1.54) is 30.6 Å². The maximum absolute atomic E-state index is 13.5. The number of halogens is 1. The smallest absolute Gasteiger partial charge is 0.230 e. The lowest BCUT2D eigenvalue weighted by atomic mass is 10.1. The van der Waals surface area contributed by atoms with Crippen molar-refractivity contribution >= 4 is 22.4 Å². The number of rotatable bonds is 5. The van der Waals surface area contributed by atoms with Crippen molar-refractivity contribution in [1.82, 2.24) is 10.2 Å². The van der Waals surface area contributed by atoms with E-state index in [-0.39, 0.29) is 18.1 Å². The molecule has 110 valence electrons. The van der Waals surface area contributed by atoms with Crippen molar-refractivity contribution < 1.29 is 13.9 Å². The van der Waals surface area contributed by atoms with Crippen molar-refractivity contribution in [3.63, 3.8) is 0 Å². The van der Waals surface area contributed by atoms with Gasteiger partial charge in [0.2, 0.25) is 11.0 Å². The largest absolute Gasteiger partial charge is 0.494 e. The molecule has 5 nitrogen and oxygen atoms in total. The maximum atomic E-state index is 13.5. The minimum Gasteiger partial charge on any atom is -0.494 e. The van der Waals surface area contributed by atoms with Crippen molar-refractivity contribution in [2.75, 3.05) is 12.4 Å². The Morgan fingerprint density at radius 2 is 2.29 bits per heavy atom. The van der Waals surface area contributed by atoms with Gasteiger partial charge in [-0.05, 0) is 30.5 Å². The van der Waals surface area contributed by atoms with Crippen LogP contribution in [0.4, 0.5) is 9.52 Å². The lowest BCUT2D eigenvalue weighted by molar-refractivity contribution is -0.115. The highest BCUT2D eigenvalue weighted by molar-refractivity contribution is 7.15. The van der Waals surface area contributed by atoms with E-state index in [1.54, 1.807) is 6.07 Å². The summed E-state index contributed by atoms with van der Waals surface area (Å²) in [6.45, 7) is 0. The van der Waals surface area contributed by atoms with Crippen LogP contribution in [0, 0.1) is 5.82 Å². The molecule has 0 unspecified atom stereocenters. The van der Waals surface area contributed by atoms with Gasteiger partial charge >= 0.3 is 0 Å². The molecule has 1 N–H and O–H groups in total. The molecule has 1 amide bonds. The van der Waals surface area contributed by atoms with Crippen LogP contribution in [0.3, 0.4) is 0 Å². The molecule has 1 aliphatic carbocycles. The molecular formula is C14H14FN3O2S. The molecule has 0 saturated heterocycles. The zero-order chi connectivity index (χ0) is 14.8. The van der Waals surface area contributed by atoms with Crippen LogP contribution in [0.25, 0.3) is 0 Å². The number of ether oxygens (including phenoxy) is 1. The molecule has 1 aromatic heterocycles. The molecule has 1 fully saturated rings. The maximum Gasteiger partial charge on any atom is 0.230 e. The lowest BCUT2D eigenvalue weighted by Gasteiger charge is -2.05. The van der Waals surface area contributed by atoms with Crippen molar-refractivity contribution in [3.05, 3.63) is 34.6 Å². The minimum atomic E-state index is -0.477. The Bertz CT molecular complexity index is 670. The molecule has 1 aromatic carbocycles. The van der Waals surface area contributed by atoms with Gasteiger partial charge in [0.1, 0.15) is 5.01 Å². The summed E-state index contributed by atoms with van der Waals surface area (Å²) in [7, 11) is 1.40. The molecule has 21 heavy (non-hydrogen) atoms. The number of hydrogen-bond acceptors (Lipinski definition) is 5. The predicted molar refractivity (Wildman–Crippen MR) is 77.2 cm³/mol. The molecule has 7 heteroatoms. The van der Waals surface area contributed by atoms with E-state index in [4.69, 9.17) is 4.74 Å². The normalized spacial score (nSPS) is 14.0. The number of aromatic nitrogens is 2. The standard InChI is InChI=1S/C14H14FN3O2S/c1-20-11-5-2-8(6-10(11)15)7-12(19)16-14-18-17-13(21-14)9-3-4-9/h2,5-6,9H,3-4,7H2,1H3,(H,16,18,19). The number of nitrogens with one attached hydrogen (secondary N) is 1. The van der Waals surface area contributed by atoms with Crippen LogP contribution in [0.1, 0.15) is 29.3 Å². The summed E-state index contributed by atoms with van der Waals surface area (Å²) >= 11 is 1.40. The van der Waals surface area contributed by atoms with E-state index in [0.29, 0.717) is 16.6 Å². The van der Waals surface area contributed by atoms with E-state index in [1.807, 2.05) is 0 Å². The fourth-order valence-electron chi connectivity index (χ4n) is 1.95. The fourth-order valence-corrected chi connectivity index (χ4v) is 2.88. The summed E-state index contributed by atoms with van der Waals surface area (Å²) in [6, 6.07) is 4.47. The van der Waals surface area contributed by atoms with Crippen LogP contribution < -0.4 is 10.1 Å². The summed E-state index contributed by atoms with van der Waals surface area (Å²) < 4.78 is 18.4. The van der Waals surface area contributed by atoms with Crippen LogP contribution >= 0.6 is 11.3 Å². The zero-order valence-corrected chi connectivity index (χ0v) is 12.2. The topological polar surface area (TPSA) is 64.1 Å². The second-order valence-corrected chi connectivity index (χ2v) is 5.92. The molecule has 0 spiro atoms. The second-order valence-electron chi connectivity index (χ2n) is 4.91. The predicted octanol–water partition coefficient (Wildman–Crippen LogP) is 2.74. The quantitative estimate of drug-likeness (QED) is 0.922. The summed E-state index contributed by atoms with van der Waals surface area (Å²) in [5.74, 6) is -0.0333. The Balaban J connectivity index is 1.61. The molecule has 0 atom stereocenters. The second kappa shape index (κ2) is 5.77. The van der Waals surface area contributed by atoms with Gasteiger partial charge in [0.25, 0.3) is 0 Å². The first-order valence-corrected chi connectivity index (χ1v) is 7.43. The van der Waals surface area contributed by atoms with E-state index in [2.05, 4.69) is 15.5 Å². The third-order valence-corrected chi connectivity index (χ3v) is 4.20. The fraction of sp³-hybridized carbons (Fsp3) is 0.357. The Labute approximate surface area is 125 Å². The first kappa shape index (κ1) is 13.9. The Morgan fingerprint density at radius 1 is 1.48 bits per heavy atom. The van der Waals surface area contributed by atoms with E-state index in [0.717, 1.165) is 17.8 Å². The number of carbonyl (C=O) groups excluding carboxylic acids is 1. The highest BCUT2D eigenvalue weighted by atomic mass is 32.1. The van der Waals surface area contributed by atoms with Gasteiger partial charge in [0.15, 0.2) is 11.6 Å². The number of carbonyl (C=O) groups is 1. The summed E-state index contributed by atoms with van der Waals surface area (Å²) in [4.78, 5) is 11.9. The third-order valence-electron chi connectivity index (χ3n) is 3.19. The number of amides is 1. The van der Waals surface area contributed by atoms with Crippen molar-refractivity contribution in [3.8, 4) is 5.75 Å². The van der Waals surface area contributed by atoms with Crippen LogP contribution in [-0.4, -0.2) is 23.2 Å². The lowest BCUT2D eigenvalue weighted by Crippen LogP contribution is -2.14. The Morgan fingerprint density at radius 3 is 2.95 bits per heavy atom. The SMILES string of the molecule is COc1ccc(CC(=O)Nc2nnc(C3CC3)s2)cc1F. The molecule has 0 radical (unpaired) electrons. The third kappa shape index (κ3) is 3.36. The number of nitrogens with zero attached hydrogens (tertiary/aromatic N) is 2. The number of hydrogen-bond donors (Lipinski definition) is 1. The minimum absolute atomic E-state index is 0.0826. The molecular weight excluding hydrogens is 293 g/mol. The van der Waals surface area contributed by atoms with Gasteiger partial charge in [-0.1, -0.05) is 17.4 Å². The van der Waals surface area contributed by atoms with Crippen LogP contribution in [-0.2, 0) is 11.2 Å². The van der Waals surface area contributed by atoms with Crippen molar-refractivity contribution in [1.29, 1.82) is 0 Å². The summed E-state index contributed by atoms with van der Waals surface area (Å²) in [6.07, 6.45) is 2.38. The number of benzene rings is 1. The number of anilines is 1. The highest BCUT2D eigenvalue weighted by Crippen LogP contribution is 2.42. The zero-order valence-electron chi connectivity index (χ0n) is 11.4. The van der Waals surface area contributed by atoms with Gasteiger partial charge in [0, 0.05) is 5.92 Å². The van der Waals surface area contributed by atoms with Crippen molar-refractivity contribution in [2.24, 2.45) is 0 Å². The molecule has 3 rings (SSSR count). The van der Waals surface area contributed by atoms with Gasteiger partial charge in [-0.3, -0.25) is 4.79 Å². The highest BCUT2D eigenvalue weighted by Gasteiger charge is 2.27. The average Bonchev–Trinajstić information content (AvgIpc) is 3.20. The van der Waals surface area contributed by atoms with Gasteiger partial charge in [0.05, 0.1) is 13.5 Å². The van der Waals surface area contributed by atoms with Crippen LogP contribution in [0.15, 0.2) is 18.2 Å². The summed E-state index contributed by atoms with van der Waals surface area (Å²) in [5.41, 5.74) is 0.581. The molecule has 2 aromatic rings. The number of methoxy groups -OCH3 is 1. The van der Waals surface area contributed by atoms with E-state index < -0.39 is 5.82 Å². The summed E-state index contributed by atoms with van der Waals surface area (Å²) in [5, 5.41) is 12.2. The Kier molecular flexibility index (Phi) is 3.83. The molecule has 0 bridgehead atoms. The molecule has 0 aliphatic heterocycles.